The monoisotopic (exact) mass is 340 g/mol. The summed E-state index contributed by atoms with van der Waals surface area (Å²) in [6.07, 6.45) is 6.26. The highest BCUT2D eigenvalue weighted by atomic mass is 16.5. The van der Waals surface area contributed by atoms with Crippen LogP contribution in [-0.4, -0.2) is 41.1 Å². The van der Waals surface area contributed by atoms with Crippen molar-refractivity contribution in [3.8, 4) is 11.3 Å². The fourth-order valence-corrected chi connectivity index (χ4v) is 3.87. The Morgan fingerprint density at radius 1 is 1.28 bits per heavy atom. The van der Waals surface area contributed by atoms with Gasteiger partial charge in [0.25, 0.3) is 0 Å². The quantitative estimate of drug-likeness (QED) is 0.856. The molecular weight excluding hydrogens is 316 g/mol. The summed E-state index contributed by atoms with van der Waals surface area (Å²) >= 11 is 0. The lowest BCUT2D eigenvalue weighted by molar-refractivity contribution is -0.144. The number of oxazole rings is 1. The molecule has 25 heavy (non-hydrogen) atoms. The van der Waals surface area contributed by atoms with Gasteiger partial charge in [0.2, 0.25) is 5.91 Å². The third-order valence-corrected chi connectivity index (χ3v) is 5.24. The van der Waals surface area contributed by atoms with Crippen LogP contribution in [0.5, 0.6) is 0 Å². The third kappa shape index (κ3) is 3.47. The van der Waals surface area contributed by atoms with Gasteiger partial charge in [-0.3, -0.25) is 4.79 Å². The van der Waals surface area contributed by atoms with Crippen molar-refractivity contribution in [2.75, 3.05) is 13.2 Å². The summed E-state index contributed by atoms with van der Waals surface area (Å²) in [5.41, 5.74) is 2.22. The molecule has 1 aromatic carbocycles. The maximum Gasteiger partial charge on any atom is 0.223 e. The molecule has 1 amide bonds. The van der Waals surface area contributed by atoms with Crippen LogP contribution < -0.4 is 0 Å². The van der Waals surface area contributed by atoms with Crippen LogP contribution in [0.15, 0.2) is 34.9 Å². The Bertz CT molecular complexity index is 738. The van der Waals surface area contributed by atoms with Crippen molar-refractivity contribution in [3.63, 3.8) is 0 Å². The van der Waals surface area contributed by atoms with Crippen molar-refractivity contribution >= 4 is 5.91 Å². The Morgan fingerprint density at radius 2 is 2.12 bits per heavy atom. The number of aromatic nitrogens is 1. The molecule has 2 aliphatic rings. The molecule has 1 saturated carbocycles. The first-order valence-corrected chi connectivity index (χ1v) is 9.13. The van der Waals surface area contributed by atoms with Crippen LogP contribution in [0.25, 0.3) is 11.3 Å². The van der Waals surface area contributed by atoms with E-state index in [1.54, 1.807) is 6.20 Å². The van der Waals surface area contributed by atoms with Crippen molar-refractivity contribution in [1.29, 1.82) is 0 Å². The predicted octanol–water partition coefficient (Wildman–Crippen LogP) is 3.36. The number of fused-ring (bicyclic) bond motifs is 1. The zero-order valence-electron chi connectivity index (χ0n) is 14.6. The highest BCUT2D eigenvalue weighted by Crippen LogP contribution is 2.30. The fourth-order valence-electron chi connectivity index (χ4n) is 3.87. The van der Waals surface area contributed by atoms with Gasteiger partial charge in [0, 0.05) is 24.9 Å². The van der Waals surface area contributed by atoms with E-state index in [2.05, 4.69) is 24.0 Å². The molecule has 0 spiro atoms. The van der Waals surface area contributed by atoms with Crippen LogP contribution in [0.2, 0.25) is 0 Å². The lowest BCUT2D eigenvalue weighted by Gasteiger charge is -2.37. The number of carbonyl (C=O) groups excluding carboxylic acids is 1. The molecule has 5 nitrogen and oxygen atoms in total. The summed E-state index contributed by atoms with van der Waals surface area (Å²) in [5, 5.41) is 0. The summed E-state index contributed by atoms with van der Waals surface area (Å²) < 4.78 is 11.6. The summed E-state index contributed by atoms with van der Waals surface area (Å²) in [4.78, 5) is 19.0. The van der Waals surface area contributed by atoms with Gasteiger partial charge in [-0.2, -0.15) is 0 Å². The number of hydrogen-bond acceptors (Lipinski definition) is 4. The van der Waals surface area contributed by atoms with Crippen molar-refractivity contribution < 1.29 is 13.9 Å². The van der Waals surface area contributed by atoms with Crippen LogP contribution in [0, 0.1) is 6.92 Å². The zero-order chi connectivity index (χ0) is 17.2. The van der Waals surface area contributed by atoms with Gasteiger partial charge in [0.05, 0.1) is 24.9 Å². The molecule has 0 radical (unpaired) electrons. The molecule has 1 aliphatic heterocycles. The zero-order valence-corrected chi connectivity index (χ0v) is 14.6. The van der Waals surface area contributed by atoms with Gasteiger partial charge < -0.3 is 14.1 Å². The molecule has 2 aromatic rings. The topological polar surface area (TPSA) is 55.6 Å². The van der Waals surface area contributed by atoms with Crippen molar-refractivity contribution in [3.05, 3.63) is 41.9 Å². The molecule has 0 unspecified atom stereocenters. The Morgan fingerprint density at radius 3 is 2.96 bits per heavy atom. The second-order valence-corrected chi connectivity index (χ2v) is 6.98. The average Bonchev–Trinajstić information content (AvgIpc) is 3.29. The number of benzene rings is 1. The minimum atomic E-state index is 0.190. The summed E-state index contributed by atoms with van der Waals surface area (Å²) in [6, 6.07) is 8.43. The van der Waals surface area contributed by atoms with Crippen LogP contribution in [-0.2, 0) is 16.0 Å². The fraction of sp³-hybridized carbons (Fsp3) is 0.500. The molecule has 2 fully saturated rings. The molecule has 5 heteroatoms. The number of amides is 1. The van der Waals surface area contributed by atoms with Crippen LogP contribution in [0.1, 0.15) is 37.1 Å². The maximum atomic E-state index is 12.6. The standard InChI is InChI=1S/C20H24N2O3/c1-14-5-7-15(8-6-14)18-13-21-19(25-18)9-10-20(23)22-11-12-24-17-4-2-3-16(17)22/h5-8,13,16-17H,2-4,9-12H2,1H3/t16-,17-/m0/s1. The predicted molar refractivity (Wildman–Crippen MR) is 94.1 cm³/mol. The summed E-state index contributed by atoms with van der Waals surface area (Å²) in [5.74, 6) is 1.57. The Balaban J connectivity index is 1.37. The van der Waals surface area contributed by atoms with E-state index >= 15 is 0 Å². The number of nitrogens with zero attached hydrogens (tertiary/aromatic N) is 2. The normalized spacial score (nSPS) is 22.8. The van der Waals surface area contributed by atoms with Crippen LogP contribution in [0.4, 0.5) is 0 Å². The molecule has 0 bridgehead atoms. The lowest BCUT2D eigenvalue weighted by Crippen LogP contribution is -2.51. The Labute approximate surface area is 148 Å². The highest BCUT2D eigenvalue weighted by molar-refractivity contribution is 5.77. The molecule has 4 rings (SSSR count). The smallest absolute Gasteiger partial charge is 0.223 e. The van der Waals surface area contributed by atoms with Gasteiger partial charge in [-0.05, 0) is 26.2 Å². The van der Waals surface area contributed by atoms with Gasteiger partial charge >= 0.3 is 0 Å². The second-order valence-electron chi connectivity index (χ2n) is 6.98. The van der Waals surface area contributed by atoms with Gasteiger partial charge in [0.15, 0.2) is 11.7 Å². The molecular formula is C20H24N2O3. The first kappa shape index (κ1) is 16.3. The van der Waals surface area contributed by atoms with E-state index in [0.29, 0.717) is 31.9 Å². The first-order valence-electron chi connectivity index (χ1n) is 9.13. The Kier molecular flexibility index (Phi) is 4.57. The minimum Gasteiger partial charge on any atom is -0.441 e. The molecule has 2 heterocycles. The number of ether oxygens (including phenoxy) is 1. The van der Waals surface area contributed by atoms with E-state index in [4.69, 9.17) is 9.15 Å². The van der Waals surface area contributed by atoms with E-state index in [0.717, 1.165) is 30.6 Å². The van der Waals surface area contributed by atoms with Crippen molar-refractivity contribution in [2.24, 2.45) is 0 Å². The summed E-state index contributed by atoms with van der Waals surface area (Å²) in [6.45, 7) is 3.42. The highest BCUT2D eigenvalue weighted by Gasteiger charge is 2.38. The largest absolute Gasteiger partial charge is 0.441 e. The van der Waals surface area contributed by atoms with Gasteiger partial charge in [-0.15, -0.1) is 0 Å². The van der Waals surface area contributed by atoms with Gasteiger partial charge in [-0.1, -0.05) is 29.8 Å². The number of morpholine rings is 1. The van der Waals surface area contributed by atoms with Crippen LogP contribution >= 0.6 is 0 Å². The molecule has 132 valence electrons. The molecule has 1 aromatic heterocycles. The summed E-state index contributed by atoms with van der Waals surface area (Å²) in [7, 11) is 0. The third-order valence-electron chi connectivity index (χ3n) is 5.24. The van der Waals surface area contributed by atoms with Crippen LogP contribution in [0.3, 0.4) is 0 Å². The molecule has 2 atom stereocenters. The first-order chi connectivity index (χ1) is 12.2. The number of hydrogen-bond donors (Lipinski definition) is 0. The Hall–Kier alpha value is -2.14. The maximum absolute atomic E-state index is 12.6. The SMILES string of the molecule is Cc1ccc(-c2cnc(CCC(=O)N3CCO[C@H]4CCC[C@@H]43)o2)cc1. The minimum absolute atomic E-state index is 0.190. The molecule has 1 saturated heterocycles. The van der Waals surface area contributed by atoms with E-state index in [1.165, 1.54) is 5.56 Å². The number of carbonyl (C=O) groups is 1. The number of rotatable bonds is 4. The molecule has 1 aliphatic carbocycles. The van der Waals surface area contributed by atoms with E-state index in [-0.39, 0.29) is 18.1 Å². The average molecular weight is 340 g/mol. The van der Waals surface area contributed by atoms with E-state index in [9.17, 15) is 4.79 Å². The van der Waals surface area contributed by atoms with E-state index < -0.39 is 0 Å². The molecule has 0 N–H and O–H groups in total. The lowest BCUT2D eigenvalue weighted by atomic mass is 10.1. The van der Waals surface area contributed by atoms with Gasteiger partial charge in [0.1, 0.15) is 0 Å². The van der Waals surface area contributed by atoms with Crippen molar-refractivity contribution in [1.82, 2.24) is 9.88 Å². The second kappa shape index (κ2) is 7.00. The number of aryl methyl sites for hydroxylation is 2. The van der Waals surface area contributed by atoms with Gasteiger partial charge in [-0.25, -0.2) is 4.98 Å². The van der Waals surface area contributed by atoms with Crippen molar-refractivity contribution in [2.45, 2.75) is 51.2 Å². The van der Waals surface area contributed by atoms with E-state index in [1.807, 2.05) is 17.0 Å².